The molecule has 23 heavy (non-hydrogen) atoms. The highest BCUT2D eigenvalue weighted by Gasteiger charge is 2.15. The van der Waals surface area contributed by atoms with Gasteiger partial charge >= 0.3 is 0 Å². The first kappa shape index (κ1) is 15.2. The molecule has 3 aromatic rings. The van der Waals surface area contributed by atoms with Gasteiger partial charge in [-0.3, -0.25) is 4.79 Å². The second kappa shape index (κ2) is 6.16. The maximum absolute atomic E-state index is 12.4. The van der Waals surface area contributed by atoms with Crippen LogP contribution in [0.25, 0.3) is 11.0 Å². The lowest BCUT2D eigenvalue weighted by atomic mass is 10.1. The van der Waals surface area contributed by atoms with Crippen molar-refractivity contribution in [2.75, 3.05) is 19.0 Å². The van der Waals surface area contributed by atoms with Crippen LogP contribution in [-0.4, -0.2) is 20.0 Å². The van der Waals surface area contributed by atoms with Gasteiger partial charge in [-0.15, -0.1) is 0 Å². The molecule has 0 aliphatic rings. The van der Waals surface area contributed by atoms with Crippen LogP contribution in [-0.2, 0) is 0 Å². The number of hydrogen-bond donors (Lipinski definition) is 1. The number of rotatable bonds is 4. The third kappa shape index (κ3) is 3.21. The van der Waals surface area contributed by atoms with E-state index in [2.05, 4.69) is 5.32 Å². The summed E-state index contributed by atoms with van der Waals surface area (Å²) in [5, 5.41) is 4.02. The molecule has 2 aromatic carbocycles. The summed E-state index contributed by atoms with van der Waals surface area (Å²) >= 11 is 0. The molecule has 1 atom stereocenters. The molecular formula is C19H20N2O2. The SMILES string of the molecule is C[C@H](NC(=O)c1ccc(N(C)C)cc1)c1cc2ccccc2o1. The molecular weight excluding hydrogens is 288 g/mol. The van der Waals surface area contributed by atoms with Crippen molar-refractivity contribution in [1.29, 1.82) is 0 Å². The number of benzene rings is 2. The van der Waals surface area contributed by atoms with Crippen molar-refractivity contribution >= 4 is 22.6 Å². The lowest BCUT2D eigenvalue weighted by Gasteiger charge is -2.14. The van der Waals surface area contributed by atoms with E-state index in [-0.39, 0.29) is 11.9 Å². The zero-order valence-corrected chi connectivity index (χ0v) is 13.5. The summed E-state index contributed by atoms with van der Waals surface area (Å²) in [7, 11) is 3.94. The van der Waals surface area contributed by atoms with E-state index in [1.54, 1.807) is 0 Å². The Balaban J connectivity index is 1.73. The average Bonchev–Trinajstić information content (AvgIpc) is 2.99. The molecule has 0 unspecified atom stereocenters. The second-order valence-corrected chi connectivity index (χ2v) is 5.82. The lowest BCUT2D eigenvalue weighted by Crippen LogP contribution is -2.26. The third-order valence-electron chi connectivity index (χ3n) is 3.86. The number of furan rings is 1. The number of hydrogen-bond acceptors (Lipinski definition) is 3. The maximum atomic E-state index is 12.4. The van der Waals surface area contributed by atoms with E-state index in [0.717, 1.165) is 22.4 Å². The predicted molar refractivity (Wildman–Crippen MR) is 92.9 cm³/mol. The van der Waals surface area contributed by atoms with E-state index in [9.17, 15) is 4.79 Å². The van der Waals surface area contributed by atoms with Gasteiger partial charge in [0.25, 0.3) is 5.91 Å². The van der Waals surface area contributed by atoms with Crippen molar-refractivity contribution in [3.63, 3.8) is 0 Å². The molecule has 4 heteroatoms. The highest BCUT2D eigenvalue weighted by Crippen LogP contribution is 2.24. The van der Waals surface area contributed by atoms with Crippen LogP contribution in [0.1, 0.15) is 29.1 Å². The summed E-state index contributed by atoms with van der Waals surface area (Å²) < 4.78 is 5.80. The van der Waals surface area contributed by atoms with Gasteiger partial charge in [0.1, 0.15) is 11.3 Å². The van der Waals surface area contributed by atoms with Crippen molar-refractivity contribution in [3.8, 4) is 0 Å². The van der Waals surface area contributed by atoms with E-state index < -0.39 is 0 Å². The fourth-order valence-electron chi connectivity index (χ4n) is 2.48. The van der Waals surface area contributed by atoms with Gasteiger partial charge in [0.05, 0.1) is 6.04 Å². The van der Waals surface area contributed by atoms with Crippen LogP contribution >= 0.6 is 0 Å². The first-order valence-corrected chi connectivity index (χ1v) is 7.61. The number of fused-ring (bicyclic) bond motifs is 1. The summed E-state index contributed by atoms with van der Waals surface area (Å²) in [6.07, 6.45) is 0. The Morgan fingerprint density at radius 1 is 1.09 bits per heavy atom. The summed E-state index contributed by atoms with van der Waals surface area (Å²) in [6, 6.07) is 17.1. The minimum Gasteiger partial charge on any atom is -0.459 e. The van der Waals surface area contributed by atoms with Crippen molar-refractivity contribution in [2.45, 2.75) is 13.0 Å². The Kier molecular flexibility index (Phi) is 4.06. The first-order chi connectivity index (χ1) is 11.0. The molecule has 0 fully saturated rings. The van der Waals surface area contributed by atoms with Gasteiger partial charge in [-0.25, -0.2) is 0 Å². The number of nitrogens with one attached hydrogen (secondary N) is 1. The molecule has 1 N–H and O–H groups in total. The van der Waals surface area contributed by atoms with Crippen molar-refractivity contribution < 1.29 is 9.21 Å². The molecule has 0 saturated heterocycles. The quantitative estimate of drug-likeness (QED) is 0.792. The average molecular weight is 308 g/mol. The second-order valence-electron chi connectivity index (χ2n) is 5.82. The molecule has 0 aliphatic heterocycles. The number of nitrogens with zero attached hydrogens (tertiary/aromatic N) is 1. The Morgan fingerprint density at radius 2 is 1.78 bits per heavy atom. The van der Waals surface area contributed by atoms with E-state index >= 15 is 0 Å². The van der Waals surface area contributed by atoms with Crippen LogP contribution in [0.4, 0.5) is 5.69 Å². The Hall–Kier alpha value is -2.75. The van der Waals surface area contributed by atoms with Gasteiger partial charge in [0.15, 0.2) is 0 Å². The molecule has 0 aliphatic carbocycles. The summed E-state index contributed by atoms with van der Waals surface area (Å²) in [5.74, 6) is 0.646. The number of anilines is 1. The maximum Gasteiger partial charge on any atom is 0.251 e. The highest BCUT2D eigenvalue weighted by atomic mass is 16.3. The molecule has 118 valence electrons. The fraction of sp³-hybridized carbons (Fsp3) is 0.211. The van der Waals surface area contributed by atoms with Gasteiger partial charge in [0, 0.05) is 30.7 Å². The summed E-state index contributed by atoms with van der Waals surface area (Å²) in [6.45, 7) is 1.92. The van der Waals surface area contributed by atoms with Gasteiger partial charge in [0.2, 0.25) is 0 Å². The Labute approximate surface area is 135 Å². The first-order valence-electron chi connectivity index (χ1n) is 7.61. The van der Waals surface area contributed by atoms with E-state index in [1.165, 1.54) is 0 Å². The van der Waals surface area contributed by atoms with Crippen LogP contribution < -0.4 is 10.2 Å². The van der Waals surface area contributed by atoms with Crippen LogP contribution in [0.5, 0.6) is 0 Å². The molecule has 1 amide bonds. The summed E-state index contributed by atoms with van der Waals surface area (Å²) in [5.41, 5.74) is 2.53. The largest absolute Gasteiger partial charge is 0.459 e. The predicted octanol–water partition coefficient (Wildman–Crippen LogP) is 3.99. The molecule has 0 spiro atoms. The lowest BCUT2D eigenvalue weighted by molar-refractivity contribution is 0.0935. The fourth-order valence-corrected chi connectivity index (χ4v) is 2.48. The van der Waals surface area contributed by atoms with Crippen molar-refractivity contribution in [2.24, 2.45) is 0 Å². The monoisotopic (exact) mass is 308 g/mol. The van der Waals surface area contributed by atoms with Gasteiger partial charge in [-0.1, -0.05) is 18.2 Å². The number of carbonyl (C=O) groups is 1. The minimum atomic E-state index is -0.191. The molecule has 1 aromatic heterocycles. The van der Waals surface area contributed by atoms with E-state index in [0.29, 0.717) is 5.56 Å². The van der Waals surface area contributed by atoms with Crippen LogP contribution in [0.2, 0.25) is 0 Å². The molecule has 0 saturated carbocycles. The zero-order chi connectivity index (χ0) is 16.4. The van der Waals surface area contributed by atoms with Gasteiger partial charge in [-0.05, 0) is 43.3 Å². The number of carbonyl (C=O) groups excluding carboxylic acids is 1. The Bertz CT molecular complexity index is 786. The summed E-state index contributed by atoms with van der Waals surface area (Å²) in [4.78, 5) is 14.4. The Morgan fingerprint density at radius 3 is 2.43 bits per heavy atom. The van der Waals surface area contributed by atoms with E-state index in [1.807, 2.05) is 80.5 Å². The van der Waals surface area contributed by atoms with Crippen LogP contribution in [0.3, 0.4) is 0 Å². The van der Waals surface area contributed by atoms with Crippen LogP contribution in [0, 0.1) is 0 Å². The molecule has 4 nitrogen and oxygen atoms in total. The topological polar surface area (TPSA) is 45.5 Å². The number of amides is 1. The molecule has 1 heterocycles. The third-order valence-corrected chi connectivity index (χ3v) is 3.86. The van der Waals surface area contributed by atoms with E-state index in [4.69, 9.17) is 4.42 Å². The van der Waals surface area contributed by atoms with Crippen molar-refractivity contribution in [3.05, 3.63) is 65.9 Å². The molecule has 0 bridgehead atoms. The molecule has 0 radical (unpaired) electrons. The zero-order valence-electron chi connectivity index (χ0n) is 13.5. The van der Waals surface area contributed by atoms with Gasteiger partial charge < -0.3 is 14.6 Å². The van der Waals surface area contributed by atoms with Crippen LogP contribution in [0.15, 0.2) is 59.0 Å². The highest BCUT2D eigenvalue weighted by molar-refractivity contribution is 5.94. The standard InChI is InChI=1S/C19H20N2O2/c1-13(18-12-15-6-4-5-7-17(15)23-18)20-19(22)14-8-10-16(11-9-14)21(2)3/h4-13H,1-3H3,(H,20,22)/t13-/m0/s1. The number of para-hydroxylation sites is 1. The molecule has 3 rings (SSSR count). The normalized spacial score (nSPS) is 12.1. The van der Waals surface area contributed by atoms with Crippen molar-refractivity contribution in [1.82, 2.24) is 5.32 Å². The minimum absolute atomic E-state index is 0.108. The smallest absolute Gasteiger partial charge is 0.251 e. The van der Waals surface area contributed by atoms with Gasteiger partial charge in [-0.2, -0.15) is 0 Å².